The lowest BCUT2D eigenvalue weighted by Gasteiger charge is -2.17. The van der Waals surface area contributed by atoms with Crippen molar-refractivity contribution in [2.75, 3.05) is 12.3 Å². The average Bonchev–Trinajstić information content (AvgIpc) is 2.98. The van der Waals surface area contributed by atoms with Gasteiger partial charge in [-0.3, -0.25) is 14.2 Å². The molecule has 0 radical (unpaired) electrons. The van der Waals surface area contributed by atoms with E-state index in [1.54, 1.807) is 0 Å². The molecule has 3 unspecified atom stereocenters. The van der Waals surface area contributed by atoms with E-state index in [1.807, 2.05) is 6.92 Å². The van der Waals surface area contributed by atoms with Gasteiger partial charge in [-0.2, -0.15) is 0 Å². The van der Waals surface area contributed by atoms with Crippen molar-refractivity contribution in [2.24, 2.45) is 11.3 Å². The molecule has 3 N–H and O–H groups in total. The van der Waals surface area contributed by atoms with Gasteiger partial charge in [-0.05, 0) is 24.7 Å². The van der Waals surface area contributed by atoms with Crippen LogP contribution in [0.25, 0.3) is 0 Å². The summed E-state index contributed by atoms with van der Waals surface area (Å²) in [6.45, 7) is 1.92. The number of carbonyl (C=O) groups is 2. The van der Waals surface area contributed by atoms with Crippen molar-refractivity contribution in [1.29, 1.82) is 0 Å². The van der Waals surface area contributed by atoms with Crippen molar-refractivity contribution in [1.82, 2.24) is 0 Å². The van der Waals surface area contributed by atoms with Crippen LogP contribution in [0.1, 0.15) is 39.0 Å². The Hall–Kier alpha value is -0.870. The minimum Gasteiger partial charge on any atom is -0.481 e. The molecule has 0 saturated heterocycles. The molecule has 0 heterocycles. The third-order valence-corrected chi connectivity index (χ3v) is 5.75. The van der Waals surface area contributed by atoms with Crippen LogP contribution in [0.2, 0.25) is 0 Å². The molecule has 0 aliphatic heterocycles. The Bertz CT molecular complexity index is 407. The predicted octanol–water partition coefficient (Wildman–Crippen LogP) is 2.01. The van der Waals surface area contributed by atoms with E-state index in [0.717, 1.165) is 6.42 Å². The predicted molar refractivity (Wildman–Crippen MR) is 69.5 cm³/mol. The Kier molecular flexibility index (Phi) is 5.16. The topological polar surface area (TPSA) is 112 Å². The average molecular weight is 292 g/mol. The molecule has 1 aliphatic rings. The molecule has 19 heavy (non-hydrogen) atoms. The van der Waals surface area contributed by atoms with Crippen molar-refractivity contribution in [3.63, 3.8) is 0 Å². The lowest BCUT2D eigenvalue weighted by atomic mass is 9.96. The highest BCUT2D eigenvalue weighted by molar-refractivity contribution is 7.57. The molecule has 0 amide bonds. The number of carboxylic acids is 2. The Labute approximate surface area is 112 Å². The fourth-order valence-electron chi connectivity index (χ4n) is 2.47. The zero-order valence-corrected chi connectivity index (χ0v) is 11.9. The standard InChI is InChI=1S/C12H21O6P/c1-2-3-5-19(17,18)6-4-12(8-10(13)14)7-9(12)11(15)16/h9H,2-8H2,1H3,(H,13,14)(H,15,16)(H,17,18). The first-order valence-electron chi connectivity index (χ1n) is 6.48. The summed E-state index contributed by atoms with van der Waals surface area (Å²) in [6.07, 6.45) is 1.98. The molecule has 1 fully saturated rings. The van der Waals surface area contributed by atoms with Crippen molar-refractivity contribution in [3.8, 4) is 0 Å². The quantitative estimate of drug-likeness (QED) is 0.560. The van der Waals surface area contributed by atoms with Crippen LogP contribution >= 0.6 is 7.37 Å². The Morgan fingerprint density at radius 2 is 1.95 bits per heavy atom. The van der Waals surface area contributed by atoms with E-state index < -0.39 is 30.6 Å². The number of carboxylic acid groups (broad SMARTS) is 2. The summed E-state index contributed by atoms with van der Waals surface area (Å²) in [5.74, 6) is -2.75. The third-order valence-electron chi connectivity index (χ3n) is 3.81. The van der Waals surface area contributed by atoms with Gasteiger partial charge in [-0.25, -0.2) is 0 Å². The highest BCUT2D eigenvalue weighted by Crippen LogP contribution is 2.60. The van der Waals surface area contributed by atoms with Crippen LogP contribution in [-0.4, -0.2) is 39.4 Å². The van der Waals surface area contributed by atoms with Gasteiger partial charge in [0.2, 0.25) is 7.37 Å². The highest BCUT2D eigenvalue weighted by atomic mass is 31.2. The van der Waals surface area contributed by atoms with Crippen LogP contribution in [0.3, 0.4) is 0 Å². The number of hydrogen-bond donors (Lipinski definition) is 3. The summed E-state index contributed by atoms with van der Waals surface area (Å²) < 4.78 is 11.9. The normalized spacial score (nSPS) is 28.6. The summed E-state index contributed by atoms with van der Waals surface area (Å²) in [7, 11) is -3.25. The summed E-state index contributed by atoms with van der Waals surface area (Å²) in [4.78, 5) is 31.5. The van der Waals surface area contributed by atoms with Crippen molar-refractivity contribution in [3.05, 3.63) is 0 Å². The van der Waals surface area contributed by atoms with E-state index in [-0.39, 0.29) is 25.2 Å². The van der Waals surface area contributed by atoms with Crippen LogP contribution in [0.4, 0.5) is 0 Å². The fraction of sp³-hybridized carbons (Fsp3) is 0.833. The Morgan fingerprint density at radius 1 is 1.32 bits per heavy atom. The maximum absolute atomic E-state index is 11.9. The van der Waals surface area contributed by atoms with Crippen molar-refractivity contribution < 1.29 is 29.3 Å². The second-order valence-electron chi connectivity index (χ2n) is 5.42. The van der Waals surface area contributed by atoms with E-state index in [4.69, 9.17) is 10.2 Å². The van der Waals surface area contributed by atoms with Gasteiger partial charge >= 0.3 is 11.9 Å². The van der Waals surface area contributed by atoms with Gasteiger partial charge in [0.15, 0.2) is 0 Å². The molecule has 1 rings (SSSR count). The van der Waals surface area contributed by atoms with Crippen LogP contribution in [-0.2, 0) is 14.2 Å². The molecule has 0 aromatic carbocycles. The molecule has 0 aromatic heterocycles. The van der Waals surface area contributed by atoms with E-state index in [0.29, 0.717) is 12.8 Å². The minimum absolute atomic E-state index is 0.0179. The molecule has 110 valence electrons. The zero-order chi connectivity index (χ0) is 14.7. The smallest absolute Gasteiger partial charge is 0.307 e. The van der Waals surface area contributed by atoms with E-state index in [2.05, 4.69) is 0 Å². The van der Waals surface area contributed by atoms with Gasteiger partial charge in [-0.1, -0.05) is 13.3 Å². The molecule has 0 bridgehead atoms. The first kappa shape index (κ1) is 16.2. The van der Waals surface area contributed by atoms with Crippen LogP contribution < -0.4 is 0 Å². The highest BCUT2D eigenvalue weighted by Gasteiger charge is 2.59. The monoisotopic (exact) mass is 292 g/mol. The number of unbranched alkanes of at least 4 members (excludes halogenated alkanes) is 1. The summed E-state index contributed by atoms with van der Waals surface area (Å²) >= 11 is 0. The second-order valence-corrected chi connectivity index (χ2v) is 8.01. The summed E-state index contributed by atoms with van der Waals surface area (Å²) in [5.41, 5.74) is -0.817. The molecular formula is C12H21O6P. The minimum atomic E-state index is -3.25. The molecule has 0 aromatic rings. The van der Waals surface area contributed by atoms with E-state index >= 15 is 0 Å². The lowest BCUT2D eigenvalue weighted by molar-refractivity contribution is -0.141. The molecule has 0 spiro atoms. The van der Waals surface area contributed by atoms with Crippen LogP contribution in [0.5, 0.6) is 0 Å². The summed E-state index contributed by atoms with van der Waals surface area (Å²) in [6, 6.07) is 0. The van der Waals surface area contributed by atoms with Gasteiger partial charge < -0.3 is 15.1 Å². The lowest BCUT2D eigenvalue weighted by Crippen LogP contribution is -2.17. The number of rotatable bonds is 9. The van der Waals surface area contributed by atoms with Gasteiger partial charge in [0.25, 0.3) is 0 Å². The van der Waals surface area contributed by atoms with E-state index in [1.165, 1.54) is 0 Å². The Balaban J connectivity index is 2.59. The van der Waals surface area contributed by atoms with Crippen molar-refractivity contribution in [2.45, 2.75) is 39.0 Å². The first-order chi connectivity index (χ1) is 8.72. The molecule has 1 aliphatic carbocycles. The van der Waals surface area contributed by atoms with Gasteiger partial charge in [0, 0.05) is 12.3 Å². The third kappa shape index (κ3) is 4.62. The molecule has 6 nitrogen and oxygen atoms in total. The number of aliphatic carboxylic acids is 2. The second kappa shape index (κ2) is 6.06. The molecule has 1 saturated carbocycles. The van der Waals surface area contributed by atoms with Gasteiger partial charge in [0.1, 0.15) is 0 Å². The van der Waals surface area contributed by atoms with Crippen LogP contribution in [0.15, 0.2) is 0 Å². The Morgan fingerprint density at radius 3 is 2.37 bits per heavy atom. The maximum Gasteiger partial charge on any atom is 0.307 e. The summed E-state index contributed by atoms with van der Waals surface area (Å²) in [5, 5.41) is 17.8. The molecule has 3 atom stereocenters. The first-order valence-corrected chi connectivity index (χ1v) is 8.51. The van der Waals surface area contributed by atoms with Gasteiger partial charge in [0.05, 0.1) is 12.3 Å². The maximum atomic E-state index is 11.9. The van der Waals surface area contributed by atoms with Crippen molar-refractivity contribution >= 4 is 19.3 Å². The largest absolute Gasteiger partial charge is 0.481 e. The van der Waals surface area contributed by atoms with Crippen LogP contribution in [0, 0.1) is 11.3 Å². The van der Waals surface area contributed by atoms with E-state index in [9.17, 15) is 19.0 Å². The number of hydrogen-bond acceptors (Lipinski definition) is 3. The molecule has 7 heteroatoms. The van der Waals surface area contributed by atoms with Gasteiger partial charge in [-0.15, -0.1) is 0 Å². The fourth-order valence-corrected chi connectivity index (χ4v) is 4.30. The zero-order valence-electron chi connectivity index (χ0n) is 11.0. The SMILES string of the molecule is CCCCP(=O)(O)CCC1(CC(=O)O)CC1C(=O)O. The molecular weight excluding hydrogens is 271 g/mol.